The van der Waals surface area contributed by atoms with E-state index in [1.807, 2.05) is 0 Å². The van der Waals surface area contributed by atoms with Crippen molar-refractivity contribution in [2.45, 2.75) is 11.8 Å². The molecule has 1 aliphatic heterocycles. The number of carbonyl (C=O) groups is 2. The van der Waals surface area contributed by atoms with E-state index >= 15 is 0 Å². The van der Waals surface area contributed by atoms with Crippen LogP contribution >= 0.6 is 0 Å². The van der Waals surface area contributed by atoms with Gasteiger partial charge < -0.3 is 10.1 Å². The predicted molar refractivity (Wildman–Crippen MR) is 87.8 cm³/mol. The van der Waals surface area contributed by atoms with E-state index < -0.39 is 10.0 Å². The maximum absolute atomic E-state index is 12.5. The summed E-state index contributed by atoms with van der Waals surface area (Å²) in [6, 6.07) is 10.4. The van der Waals surface area contributed by atoms with Gasteiger partial charge in [0, 0.05) is 5.56 Å². The van der Waals surface area contributed by atoms with E-state index in [-0.39, 0.29) is 34.6 Å². The number of hydrogen-bond acceptors (Lipinski definition) is 5. The molecule has 2 aromatic rings. The highest BCUT2D eigenvalue weighted by Gasteiger charge is 2.22. The monoisotopic (exact) mass is 346 g/mol. The summed E-state index contributed by atoms with van der Waals surface area (Å²) in [5, 5.41) is 2.59. The lowest BCUT2D eigenvalue weighted by molar-refractivity contribution is -0.118. The zero-order valence-electron chi connectivity index (χ0n) is 12.7. The molecule has 0 aromatic heterocycles. The molecule has 0 bridgehead atoms. The van der Waals surface area contributed by atoms with E-state index in [0.29, 0.717) is 11.3 Å². The molecule has 7 nitrogen and oxygen atoms in total. The molecule has 24 heavy (non-hydrogen) atoms. The molecule has 0 aliphatic carbocycles. The van der Waals surface area contributed by atoms with Crippen LogP contribution in [0.4, 0.5) is 11.4 Å². The van der Waals surface area contributed by atoms with Gasteiger partial charge >= 0.3 is 0 Å². The molecule has 0 atom stereocenters. The van der Waals surface area contributed by atoms with Crippen molar-refractivity contribution >= 4 is 33.1 Å². The highest BCUT2D eigenvalue weighted by molar-refractivity contribution is 7.92. The Bertz CT molecular complexity index is 920. The van der Waals surface area contributed by atoms with Crippen LogP contribution in [0.3, 0.4) is 0 Å². The summed E-state index contributed by atoms with van der Waals surface area (Å²) >= 11 is 0. The number of anilines is 2. The molecule has 2 N–H and O–H groups in total. The van der Waals surface area contributed by atoms with Gasteiger partial charge in [-0.3, -0.25) is 14.3 Å². The van der Waals surface area contributed by atoms with Crippen LogP contribution in [-0.4, -0.2) is 26.7 Å². The van der Waals surface area contributed by atoms with Crippen LogP contribution in [0.5, 0.6) is 5.75 Å². The van der Waals surface area contributed by atoms with E-state index in [1.165, 1.54) is 37.3 Å². The molecule has 1 heterocycles. The van der Waals surface area contributed by atoms with Crippen molar-refractivity contribution in [3.05, 3.63) is 48.0 Å². The van der Waals surface area contributed by atoms with Gasteiger partial charge in [-0.15, -0.1) is 0 Å². The van der Waals surface area contributed by atoms with Gasteiger partial charge in [0.15, 0.2) is 12.4 Å². The van der Waals surface area contributed by atoms with Crippen LogP contribution in [0.2, 0.25) is 0 Å². The summed E-state index contributed by atoms with van der Waals surface area (Å²) in [5.41, 5.74) is 0.903. The molecule has 0 unspecified atom stereocenters. The highest BCUT2D eigenvalue weighted by Crippen LogP contribution is 2.35. The van der Waals surface area contributed by atoms with Crippen LogP contribution in [0.25, 0.3) is 0 Å². The number of fused-ring (bicyclic) bond motifs is 1. The van der Waals surface area contributed by atoms with E-state index in [1.54, 1.807) is 12.1 Å². The van der Waals surface area contributed by atoms with E-state index in [4.69, 9.17) is 4.74 Å². The lowest BCUT2D eigenvalue weighted by atomic mass is 10.2. The first kappa shape index (κ1) is 16.0. The summed E-state index contributed by atoms with van der Waals surface area (Å²) < 4.78 is 32.7. The van der Waals surface area contributed by atoms with Gasteiger partial charge in [-0.05, 0) is 31.2 Å². The standard InChI is InChI=1S/C16H14N2O5S/c1-10(19)11-5-7-12(8-6-11)24(21,22)18-13-3-2-4-14-16(13)17-15(20)9-23-14/h2-8,18H,9H2,1H3,(H,17,20). The Balaban J connectivity index is 1.93. The number of carbonyl (C=O) groups excluding carboxylic acids is 2. The Hall–Kier alpha value is -2.87. The molecule has 1 aliphatic rings. The molecular weight excluding hydrogens is 332 g/mol. The molecule has 0 saturated carbocycles. The van der Waals surface area contributed by atoms with Crippen molar-refractivity contribution in [1.29, 1.82) is 0 Å². The Morgan fingerprint density at radius 1 is 1.17 bits per heavy atom. The first-order valence-corrected chi connectivity index (χ1v) is 8.54. The van der Waals surface area contributed by atoms with Crippen LogP contribution < -0.4 is 14.8 Å². The maximum Gasteiger partial charge on any atom is 0.262 e. The van der Waals surface area contributed by atoms with Crippen molar-refractivity contribution in [3.63, 3.8) is 0 Å². The summed E-state index contributed by atoms with van der Waals surface area (Å²) in [5.74, 6) is -0.120. The van der Waals surface area contributed by atoms with Crippen molar-refractivity contribution in [2.75, 3.05) is 16.6 Å². The van der Waals surface area contributed by atoms with Gasteiger partial charge in [-0.25, -0.2) is 8.42 Å². The minimum Gasteiger partial charge on any atom is -0.481 e. The number of rotatable bonds is 4. The molecule has 8 heteroatoms. The number of benzene rings is 2. The lowest BCUT2D eigenvalue weighted by Gasteiger charge is -2.21. The van der Waals surface area contributed by atoms with Crippen LogP contribution in [0.15, 0.2) is 47.4 Å². The Labute approximate surface area is 138 Å². The van der Waals surface area contributed by atoms with Crippen molar-refractivity contribution in [3.8, 4) is 5.75 Å². The predicted octanol–water partition coefficient (Wildman–Crippen LogP) is 2.02. The van der Waals surface area contributed by atoms with Crippen LogP contribution in [0.1, 0.15) is 17.3 Å². The first-order valence-electron chi connectivity index (χ1n) is 7.06. The zero-order chi connectivity index (χ0) is 17.3. The SMILES string of the molecule is CC(=O)c1ccc(S(=O)(=O)Nc2cccc3c2NC(=O)CO3)cc1. The molecule has 3 rings (SSSR count). The topological polar surface area (TPSA) is 102 Å². The number of ketones is 1. The number of amides is 1. The normalized spacial score (nSPS) is 13.5. The zero-order valence-corrected chi connectivity index (χ0v) is 13.5. The number of hydrogen-bond donors (Lipinski definition) is 2. The molecule has 2 aromatic carbocycles. The van der Waals surface area contributed by atoms with Crippen LogP contribution in [-0.2, 0) is 14.8 Å². The Morgan fingerprint density at radius 3 is 2.54 bits per heavy atom. The second kappa shape index (κ2) is 5.97. The van der Waals surface area contributed by atoms with Gasteiger partial charge in [0.2, 0.25) is 0 Å². The summed E-state index contributed by atoms with van der Waals surface area (Å²) in [6.07, 6.45) is 0. The number of ether oxygens (including phenoxy) is 1. The minimum absolute atomic E-state index is 0.00755. The molecule has 0 spiro atoms. The van der Waals surface area contributed by atoms with Gasteiger partial charge in [-0.1, -0.05) is 18.2 Å². The minimum atomic E-state index is -3.87. The van der Waals surface area contributed by atoms with Crippen molar-refractivity contribution in [1.82, 2.24) is 0 Å². The lowest BCUT2D eigenvalue weighted by Crippen LogP contribution is -2.26. The fraction of sp³-hybridized carbons (Fsp3) is 0.125. The average Bonchev–Trinajstić information content (AvgIpc) is 2.55. The van der Waals surface area contributed by atoms with Gasteiger partial charge in [0.25, 0.3) is 15.9 Å². The quantitative estimate of drug-likeness (QED) is 0.825. The first-order chi connectivity index (χ1) is 11.4. The summed E-state index contributed by atoms with van der Waals surface area (Å²) in [6.45, 7) is 1.29. The number of nitrogens with one attached hydrogen (secondary N) is 2. The van der Waals surface area contributed by atoms with E-state index in [0.717, 1.165) is 0 Å². The third-order valence-corrected chi connectivity index (χ3v) is 4.85. The maximum atomic E-state index is 12.5. The summed E-state index contributed by atoms with van der Waals surface area (Å²) in [7, 11) is -3.87. The highest BCUT2D eigenvalue weighted by atomic mass is 32.2. The number of Topliss-reactive ketones (excluding diaryl/α,β-unsaturated/α-hetero) is 1. The third kappa shape index (κ3) is 3.09. The molecule has 0 radical (unpaired) electrons. The smallest absolute Gasteiger partial charge is 0.262 e. The fourth-order valence-electron chi connectivity index (χ4n) is 2.26. The molecule has 0 saturated heterocycles. The largest absolute Gasteiger partial charge is 0.481 e. The third-order valence-electron chi connectivity index (χ3n) is 3.46. The second-order valence-electron chi connectivity index (χ2n) is 5.20. The Morgan fingerprint density at radius 2 is 1.88 bits per heavy atom. The number of para-hydroxylation sites is 1. The Kier molecular flexibility index (Phi) is 3.98. The average molecular weight is 346 g/mol. The van der Waals surface area contributed by atoms with E-state index in [2.05, 4.69) is 10.0 Å². The van der Waals surface area contributed by atoms with Gasteiger partial charge in [-0.2, -0.15) is 0 Å². The van der Waals surface area contributed by atoms with Gasteiger partial charge in [0.1, 0.15) is 11.4 Å². The fourth-order valence-corrected chi connectivity index (χ4v) is 3.33. The second-order valence-corrected chi connectivity index (χ2v) is 6.88. The van der Waals surface area contributed by atoms with Crippen molar-refractivity contribution < 1.29 is 22.7 Å². The molecular formula is C16H14N2O5S. The van der Waals surface area contributed by atoms with Crippen molar-refractivity contribution in [2.24, 2.45) is 0 Å². The number of sulfonamides is 1. The summed E-state index contributed by atoms with van der Waals surface area (Å²) in [4.78, 5) is 22.7. The molecule has 1 amide bonds. The van der Waals surface area contributed by atoms with E-state index in [9.17, 15) is 18.0 Å². The molecule has 124 valence electrons. The molecule has 0 fully saturated rings. The van der Waals surface area contributed by atoms with Gasteiger partial charge in [0.05, 0.1) is 10.6 Å². The van der Waals surface area contributed by atoms with Crippen LogP contribution in [0, 0.1) is 0 Å².